The van der Waals surface area contributed by atoms with Gasteiger partial charge in [-0.2, -0.15) is 0 Å². The number of amides is 1. The molecule has 0 fully saturated rings. The van der Waals surface area contributed by atoms with Crippen LogP contribution in [0.15, 0.2) is 48.5 Å². The van der Waals surface area contributed by atoms with E-state index in [9.17, 15) is 4.79 Å². The molecule has 0 unspecified atom stereocenters. The van der Waals surface area contributed by atoms with Gasteiger partial charge < -0.3 is 19.6 Å². The molecule has 0 aliphatic carbocycles. The number of carbonyl (C=O) groups excluding carboxylic acids is 1. The molecule has 116 valence electrons. The van der Waals surface area contributed by atoms with Gasteiger partial charge in [0.25, 0.3) is 0 Å². The van der Waals surface area contributed by atoms with Crippen molar-refractivity contribution < 1.29 is 52.0 Å². The first-order valence-electron chi connectivity index (χ1n) is 7.07. The first kappa shape index (κ1) is 22.9. The molecule has 0 bridgehead atoms. The quantitative estimate of drug-likeness (QED) is 0.412. The van der Waals surface area contributed by atoms with E-state index in [1.165, 1.54) is 0 Å². The number of benzene rings is 2. The second-order valence-corrected chi connectivity index (χ2v) is 4.87. The maximum absolute atomic E-state index is 12.3. The van der Waals surface area contributed by atoms with Gasteiger partial charge in [-0.1, -0.05) is 42.4 Å². The van der Waals surface area contributed by atoms with Crippen LogP contribution in [0.3, 0.4) is 0 Å². The molecule has 0 saturated carbocycles. The molecular weight excluding hydrogens is 292 g/mol. The van der Waals surface area contributed by atoms with Crippen LogP contribution < -0.4 is 42.5 Å². The van der Waals surface area contributed by atoms with Gasteiger partial charge in [-0.3, -0.25) is 0 Å². The number of ether oxygens (including phenoxy) is 2. The van der Waals surface area contributed by atoms with Crippen LogP contribution in [0.1, 0.15) is 15.9 Å². The van der Waals surface area contributed by atoms with Gasteiger partial charge in [-0.05, 0) is 17.9 Å². The van der Waals surface area contributed by atoms with Gasteiger partial charge in [0.2, 0.25) is 0 Å². The number of nitrogens with zero attached hydrogens (tertiary/aromatic N) is 1. The number of rotatable bonds is 7. The molecule has 0 aliphatic heterocycles. The first-order chi connectivity index (χ1) is 10.7. The van der Waals surface area contributed by atoms with Gasteiger partial charge >= 0.3 is 37.7 Å². The Labute approximate surface area is 167 Å². The van der Waals surface area contributed by atoms with Gasteiger partial charge in [0, 0.05) is 19.5 Å². The molecule has 0 N–H and O–H groups in total. The summed E-state index contributed by atoms with van der Waals surface area (Å²) in [6, 6.07) is 17.8. The van der Waals surface area contributed by atoms with Gasteiger partial charge in [-0.15, -0.1) is 23.8 Å². The van der Waals surface area contributed by atoms with E-state index in [-0.39, 0.29) is 49.7 Å². The van der Waals surface area contributed by atoms with Crippen LogP contribution in [0, 0.1) is 6.07 Å². The zero-order valence-electron chi connectivity index (χ0n) is 14.8. The van der Waals surface area contributed by atoms with Crippen LogP contribution in [0.25, 0.3) is 5.32 Å². The fraction of sp³-hybridized carbons (Fsp3) is 0.278. The molecule has 4 nitrogen and oxygen atoms in total. The van der Waals surface area contributed by atoms with Gasteiger partial charge in [0.15, 0.2) is 0 Å². The standard InChI is InChI=1S/C18H20NO3.2Li/c1-21-13-16(11-14-7-4-3-5-8-14)19-18(20)15-9-6-10-17(12-15)22-2;;/h3-10,16H,11,13H2,1-2H3,(H,19,20);;/q-1;2*+1/p-1/t16-;;/m0../s1. The van der Waals surface area contributed by atoms with E-state index >= 15 is 0 Å². The number of carbonyl (C=O) groups is 1. The molecule has 0 aliphatic rings. The largest absolute Gasteiger partial charge is 1.00 e. The molecule has 6 heteroatoms. The fourth-order valence-corrected chi connectivity index (χ4v) is 2.15. The summed E-state index contributed by atoms with van der Waals surface area (Å²) in [6.45, 7) is 0.393. The summed E-state index contributed by atoms with van der Waals surface area (Å²) in [5.41, 5.74) is 1.52. The summed E-state index contributed by atoms with van der Waals surface area (Å²) in [5.74, 6) is 0.212. The molecule has 0 heterocycles. The Kier molecular flexibility index (Phi) is 11.7. The van der Waals surface area contributed by atoms with Crippen LogP contribution in [0.2, 0.25) is 0 Å². The minimum absolute atomic E-state index is 0. The monoisotopic (exact) mass is 311 g/mol. The molecule has 0 radical (unpaired) electrons. The van der Waals surface area contributed by atoms with E-state index in [1.54, 1.807) is 32.4 Å². The van der Waals surface area contributed by atoms with Gasteiger partial charge in [0.1, 0.15) is 0 Å². The number of hydrogen-bond acceptors (Lipinski definition) is 3. The van der Waals surface area contributed by atoms with Crippen LogP contribution >= 0.6 is 0 Å². The maximum atomic E-state index is 12.3. The van der Waals surface area contributed by atoms with Crippen molar-refractivity contribution in [3.8, 4) is 5.75 Å². The maximum Gasteiger partial charge on any atom is 1.00 e. The zero-order chi connectivity index (χ0) is 15.8. The molecule has 1 amide bonds. The average Bonchev–Trinajstić information content (AvgIpc) is 2.56. The van der Waals surface area contributed by atoms with Crippen molar-refractivity contribution in [1.29, 1.82) is 0 Å². The van der Waals surface area contributed by atoms with Crippen molar-refractivity contribution in [2.45, 2.75) is 12.5 Å². The Morgan fingerprint density at radius 1 is 1.08 bits per heavy atom. The fourth-order valence-electron chi connectivity index (χ4n) is 2.15. The summed E-state index contributed by atoms with van der Waals surface area (Å²) >= 11 is 0. The van der Waals surface area contributed by atoms with Crippen LogP contribution in [0.5, 0.6) is 5.75 Å². The van der Waals surface area contributed by atoms with Gasteiger partial charge in [0.05, 0.1) is 7.11 Å². The summed E-state index contributed by atoms with van der Waals surface area (Å²) in [7, 11) is 3.15. The molecule has 24 heavy (non-hydrogen) atoms. The normalized spacial score (nSPS) is 10.8. The Morgan fingerprint density at radius 3 is 2.42 bits per heavy atom. The third-order valence-corrected chi connectivity index (χ3v) is 3.19. The minimum atomic E-state index is -0.308. The molecule has 0 aromatic heterocycles. The first-order valence-corrected chi connectivity index (χ1v) is 7.07. The predicted octanol–water partition coefficient (Wildman–Crippen LogP) is -2.73. The number of methoxy groups -OCH3 is 2. The van der Waals surface area contributed by atoms with E-state index in [2.05, 4.69) is 11.4 Å². The van der Waals surface area contributed by atoms with Crippen molar-refractivity contribution in [2.24, 2.45) is 0 Å². The van der Waals surface area contributed by atoms with E-state index < -0.39 is 0 Å². The van der Waals surface area contributed by atoms with Crippen LogP contribution in [-0.2, 0) is 11.2 Å². The molecule has 2 rings (SSSR count). The average molecular weight is 311 g/mol. The van der Waals surface area contributed by atoms with Crippen molar-refractivity contribution in [3.05, 3.63) is 71.0 Å². The Morgan fingerprint density at radius 2 is 1.79 bits per heavy atom. The SMILES string of the molecule is COC[C@H](Cc1ccccc1)[N-]C(=O)c1[c-]c(OC)ccc1.[Li+].[Li+]. The molecule has 0 saturated heterocycles. The Balaban J connectivity index is 0.00000264. The third-order valence-electron chi connectivity index (χ3n) is 3.19. The second kappa shape index (κ2) is 12.3. The van der Waals surface area contributed by atoms with Crippen LogP contribution in [0.4, 0.5) is 0 Å². The van der Waals surface area contributed by atoms with Crippen molar-refractivity contribution in [1.82, 2.24) is 0 Å². The molecular formula is C18H19Li2NO3. The second-order valence-electron chi connectivity index (χ2n) is 4.87. The topological polar surface area (TPSA) is 49.6 Å². The van der Waals surface area contributed by atoms with E-state index in [0.29, 0.717) is 24.3 Å². The Bertz CT molecular complexity index is 608. The summed E-state index contributed by atoms with van der Waals surface area (Å²) in [5, 5.41) is 4.26. The Hall–Kier alpha value is -1.14. The van der Waals surface area contributed by atoms with Gasteiger partial charge in [-0.25, -0.2) is 0 Å². The third kappa shape index (κ3) is 7.18. The minimum Gasteiger partial charge on any atom is -0.690 e. The molecule has 2 aromatic carbocycles. The number of hydrogen-bond donors (Lipinski definition) is 0. The summed E-state index contributed by atoms with van der Waals surface area (Å²) in [6.07, 6.45) is 0.657. The zero-order valence-corrected chi connectivity index (χ0v) is 14.8. The van der Waals surface area contributed by atoms with Crippen molar-refractivity contribution >= 4 is 5.91 Å². The van der Waals surface area contributed by atoms with E-state index in [0.717, 1.165) is 5.56 Å². The summed E-state index contributed by atoms with van der Waals surface area (Å²) < 4.78 is 10.3. The molecule has 2 aromatic rings. The van der Waals surface area contributed by atoms with E-state index in [4.69, 9.17) is 9.47 Å². The smallest absolute Gasteiger partial charge is 0.690 e. The van der Waals surface area contributed by atoms with Crippen molar-refractivity contribution in [3.63, 3.8) is 0 Å². The molecule has 0 spiro atoms. The summed E-state index contributed by atoms with van der Waals surface area (Å²) in [4.78, 5) is 12.3. The predicted molar refractivity (Wildman–Crippen MR) is 85.3 cm³/mol. The molecule has 1 atom stereocenters. The van der Waals surface area contributed by atoms with Crippen LogP contribution in [-0.4, -0.2) is 32.8 Å². The van der Waals surface area contributed by atoms with E-state index in [1.807, 2.05) is 30.3 Å². The van der Waals surface area contributed by atoms with Crippen molar-refractivity contribution in [2.75, 3.05) is 20.8 Å².